The van der Waals surface area contributed by atoms with E-state index in [1.54, 1.807) is 18.2 Å². The van der Waals surface area contributed by atoms with Crippen molar-refractivity contribution in [3.05, 3.63) is 45.2 Å². The van der Waals surface area contributed by atoms with Crippen molar-refractivity contribution in [1.29, 1.82) is 0 Å². The smallest absolute Gasteiger partial charge is 0.373 e. The van der Waals surface area contributed by atoms with Crippen molar-refractivity contribution in [2.75, 3.05) is 31.5 Å². The van der Waals surface area contributed by atoms with Crippen LogP contribution in [0.5, 0.6) is 11.6 Å². The Morgan fingerprint density at radius 2 is 2.07 bits per heavy atom. The van der Waals surface area contributed by atoms with Crippen molar-refractivity contribution in [2.45, 2.75) is 26.2 Å². The van der Waals surface area contributed by atoms with E-state index in [4.69, 9.17) is 16.3 Å². The lowest BCUT2D eigenvalue weighted by Crippen LogP contribution is -2.33. The molecule has 1 aromatic carbocycles. The van der Waals surface area contributed by atoms with Crippen molar-refractivity contribution in [3.63, 3.8) is 0 Å². The third-order valence-corrected chi connectivity index (χ3v) is 4.91. The largest absolute Gasteiger partial charge is 0.434 e. The zero-order valence-corrected chi connectivity index (χ0v) is 15.9. The standard InChI is InChI=1S/C18H22ClN5O3/c1-13-11-14(5-6-15(13)19)27-18-16(24(25)26)17(21-12-22-18)20-7-10-23-8-3-2-4-9-23/h5-6,11-12H,2-4,7-10H2,1H3,(H,20,21,22). The molecule has 1 aromatic heterocycles. The molecule has 9 heteroatoms. The van der Waals surface area contributed by atoms with Crippen LogP contribution in [0.2, 0.25) is 5.02 Å². The predicted octanol–water partition coefficient (Wildman–Crippen LogP) is 4.04. The fourth-order valence-electron chi connectivity index (χ4n) is 3.04. The van der Waals surface area contributed by atoms with Crippen LogP contribution in [-0.2, 0) is 0 Å². The molecular weight excluding hydrogens is 370 g/mol. The van der Waals surface area contributed by atoms with E-state index in [1.807, 2.05) is 6.92 Å². The minimum absolute atomic E-state index is 0.0998. The van der Waals surface area contributed by atoms with Gasteiger partial charge in [-0.1, -0.05) is 18.0 Å². The van der Waals surface area contributed by atoms with Crippen LogP contribution in [-0.4, -0.2) is 46.0 Å². The van der Waals surface area contributed by atoms with Gasteiger partial charge in [-0.2, -0.15) is 4.98 Å². The number of rotatable bonds is 7. The highest BCUT2D eigenvalue weighted by atomic mass is 35.5. The first-order valence-electron chi connectivity index (χ1n) is 8.94. The van der Waals surface area contributed by atoms with Crippen LogP contribution in [0.3, 0.4) is 0 Å². The Morgan fingerprint density at radius 3 is 2.78 bits per heavy atom. The molecule has 0 unspecified atom stereocenters. The summed E-state index contributed by atoms with van der Waals surface area (Å²) in [5.74, 6) is 0.489. The SMILES string of the molecule is Cc1cc(Oc2ncnc(NCCN3CCCCC3)c2[N+](=O)[O-])ccc1Cl. The van der Waals surface area contributed by atoms with Gasteiger partial charge in [0.15, 0.2) is 0 Å². The molecule has 8 nitrogen and oxygen atoms in total. The topological polar surface area (TPSA) is 93.4 Å². The number of hydrogen-bond acceptors (Lipinski definition) is 7. The Labute approximate surface area is 162 Å². The van der Waals surface area contributed by atoms with E-state index in [0.717, 1.165) is 25.2 Å². The summed E-state index contributed by atoms with van der Waals surface area (Å²) in [6.07, 6.45) is 4.93. The number of hydrogen-bond donors (Lipinski definition) is 1. The van der Waals surface area contributed by atoms with Crippen LogP contribution < -0.4 is 10.1 Å². The van der Waals surface area contributed by atoms with E-state index >= 15 is 0 Å². The van der Waals surface area contributed by atoms with E-state index in [9.17, 15) is 10.1 Å². The number of nitro groups is 1. The number of nitrogens with zero attached hydrogens (tertiary/aromatic N) is 4. The van der Waals surface area contributed by atoms with Crippen LogP contribution >= 0.6 is 11.6 Å². The monoisotopic (exact) mass is 391 g/mol. The molecule has 0 amide bonds. The van der Waals surface area contributed by atoms with E-state index in [-0.39, 0.29) is 17.4 Å². The molecule has 0 bridgehead atoms. The predicted molar refractivity (Wildman–Crippen MR) is 104 cm³/mol. The average Bonchev–Trinajstić information content (AvgIpc) is 2.65. The van der Waals surface area contributed by atoms with Crippen molar-refractivity contribution in [3.8, 4) is 11.6 Å². The number of piperidine rings is 1. The highest BCUT2D eigenvalue weighted by Gasteiger charge is 2.25. The number of benzene rings is 1. The van der Waals surface area contributed by atoms with Gasteiger partial charge in [0.2, 0.25) is 5.82 Å². The Bertz CT molecular complexity index is 812. The lowest BCUT2D eigenvalue weighted by molar-refractivity contribution is -0.385. The quantitative estimate of drug-likeness (QED) is 0.562. The molecule has 0 saturated carbocycles. The maximum atomic E-state index is 11.6. The summed E-state index contributed by atoms with van der Waals surface area (Å²) in [6.45, 7) is 5.35. The second-order valence-corrected chi connectivity index (χ2v) is 6.88. The zero-order chi connectivity index (χ0) is 19.2. The van der Waals surface area contributed by atoms with Gasteiger partial charge in [0.25, 0.3) is 0 Å². The molecule has 0 atom stereocenters. The fraction of sp³-hybridized carbons (Fsp3) is 0.444. The molecule has 1 saturated heterocycles. The number of anilines is 1. The maximum absolute atomic E-state index is 11.6. The van der Waals surface area contributed by atoms with Crippen LogP contribution in [0.15, 0.2) is 24.5 Å². The van der Waals surface area contributed by atoms with Crippen LogP contribution in [0.1, 0.15) is 24.8 Å². The first kappa shape index (κ1) is 19.3. The minimum Gasteiger partial charge on any atom is -0.434 e. The molecule has 1 aliphatic heterocycles. The lowest BCUT2D eigenvalue weighted by atomic mass is 10.1. The van der Waals surface area contributed by atoms with Crippen molar-refractivity contribution >= 4 is 23.1 Å². The molecule has 3 rings (SSSR count). The van der Waals surface area contributed by atoms with Gasteiger partial charge < -0.3 is 15.0 Å². The van der Waals surface area contributed by atoms with Crippen molar-refractivity contribution in [2.24, 2.45) is 0 Å². The first-order valence-corrected chi connectivity index (χ1v) is 9.32. The third-order valence-electron chi connectivity index (χ3n) is 4.48. The van der Waals surface area contributed by atoms with E-state index in [2.05, 4.69) is 20.2 Å². The average molecular weight is 392 g/mol. The summed E-state index contributed by atoms with van der Waals surface area (Å²) in [6, 6.07) is 5.03. The molecule has 1 aliphatic rings. The Balaban J connectivity index is 1.73. The van der Waals surface area contributed by atoms with Gasteiger partial charge in [0.1, 0.15) is 12.1 Å². The highest BCUT2D eigenvalue weighted by molar-refractivity contribution is 6.31. The van der Waals surface area contributed by atoms with Crippen molar-refractivity contribution < 1.29 is 9.66 Å². The number of nitrogens with one attached hydrogen (secondary N) is 1. The molecule has 0 aliphatic carbocycles. The summed E-state index contributed by atoms with van der Waals surface area (Å²) < 4.78 is 5.64. The molecule has 2 aromatic rings. The zero-order valence-electron chi connectivity index (χ0n) is 15.2. The number of ether oxygens (including phenoxy) is 1. The number of aryl methyl sites for hydroxylation is 1. The molecule has 27 heavy (non-hydrogen) atoms. The molecule has 2 heterocycles. The molecule has 1 fully saturated rings. The maximum Gasteiger partial charge on any atom is 0.373 e. The second-order valence-electron chi connectivity index (χ2n) is 6.48. The van der Waals surface area contributed by atoms with Gasteiger partial charge in [-0.3, -0.25) is 10.1 Å². The van der Waals surface area contributed by atoms with E-state index in [1.165, 1.54) is 25.6 Å². The van der Waals surface area contributed by atoms with Gasteiger partial charge >= 0.3 is 11.6 Å². The molecular formula is C18H22ClN5O3. The number of halogens is 1. The van der Waals surface area contributed by atoms with Gasteiger partial charge in [-0.25, -0.2) is 4.98 Å². The summed E-state index contributed by atoms with van der Waals surface area (Å²) in [5.41, 5.74) is 0.537. The minimum atomic E-state index is -0.526. The summed E-state index contributed by atoms with van der Waals surface area (Å²) in [7, 11) is 0. The molecule has 1 N–H and O–H groups in total. The Kier molecular flexibility index (Phi) is 6.41. The fourth-order valence-corrected chi connectivity index (χ4v) is 3.16. The van der Waals surface area contributed by atoms with Gasteiger partial charge in [0, 0.05) is 18.1 Å². The summed E-state index contributed by atoms with van der Waals surface area (Å²) in [4.78, 5) is 21.4. The van der Waals surface area contributed by atoms with Gasteiger partial charge in [-0.05, 0) is 56.6 Å². The van der Waals surface area contributed by atoms with Crippen LogP contribution in [0.4, 0.5) is 11.5 Å². The van der Waals surface area contributed by atoms with Gasteiger partial charge in [0.05, 0.1) is 4.92 Å². The Morgan fingerprint density at radius 1 is 1.30 bits per heavy atom. The van der Waals surface area contributed by atoms with Crippen LogP contribution in [0.25, 0.3) is 0 Å². The van der Waals surface area contributed by atoms with E-state index in [0.29, 0.717) is 17.3 Å². The molecule has 0 radical (unpaired) electrons. The lowest BCUT2D eigenvalue weighted by Gasteiger charge is -2.26. The number of aromatic nitrogens is 2. The summed E-state index contributed by atoms with van der Waals surface area (Å²) >= 11 is 6.01. The highest BCUT2D eigenvalue weighted by Crippen LogP contribution is 2.34. The normalized spacial score (nSPS) is 14.7. The first-order chi connectivity index (χ1) is 13.0. The number of likely N-dealkylation sites (tertiary alicyclic amines) is 1. The molecule has 144 valence electrons. The van der Waals surface area contributed by atoms with Crippen molar-refractivity contribution in [1.82, 2.24) is 14.9 Å². The molecule has 0 spiro atoms. The third kappa shape index (κ3) is 5.05. The van der Waals surface area contributed by atoms with Crippen LogP contribution in [0, 0.1) is 17.0 Å². The summed E-state index contributed by atoms with van der Waals surface area (Å²) in [5, 5.41) is 15.2. The second kappa shape index (κ2) is 8.96. The van der Waals surface area contributed by atoms with E-state index < -0.39 is 4.92 Å². The van der Waals surface area contributed by atoms with Gasteiger partial charge in [-0.15, -0.1) is 0 Å². The Hall–Kier alpha value is -2.45.